The number of benzene rings is 5. The normalized spacial score (nSPS) is 16.5. The zero-order valence-electron chi connectivity index (χ0n) is 38.4. The molecule has 1 heterocycles. The first-order valence-electron chi connectivity index (χ1n) is 21.4. The summed E-state index contributed by atoms with van der Waals surface area (Å²) < 4.78 is 14.1. The molecule has 7 rings (SSSR count). The van der Waals surface area contributed by atoms with Crippen molar-refractivity contribution >= 4 is 68.4 Å². The van der Waals surface area contributed by atoms with E-state index >= 15 is 0 Å². The summed E-state index contributed by atoms with van der Waals surface area (Å²) in [7, 11) is -2.24. The van der Waals surface area contributed by atoms with E-state index in [0.717, 1.165) is 11.4 Å². The summed E-state index contributed by atoms with van der Waals surface area (Å²) in [5, 5.41) is 11.6. The van der Waals surface area contributed by atoms with E-state index in [2.05, 4.69) is 195 Å². The Hall–Kier alpha value is -4.12. The molecule has 59 heavy (non-hydrogen) atoms. The smallest absolute Gasteiger partial charge is 0.192 e. The summed E-state index contributed by atoms with van der Waals surface area (Å²) in [6, 6.07) is 30.1. The van der Waals surface area contributed by atoms with Crippen LogP contribution in [0.2, 0.25) is 49.4 Å². The molecule has 308 valence electrons. The zero-order valence-corrected chi connectivity index (χ0v) is 41.4. The Kier molecular flexibility index (Phi) is 11.2. The third-order valence-corrected chi connectivity index (χ3v) is 26.8. The van der Waals surface area contributed by atoms with E-state index in [1.54, 1.807) is 0 Å². The molecule has 1 N–H and O–H groups in total. The van der Waals surface area contributed by atoms with Crippen molar-refractivity contribution < 1.29 is 8.85 Å². The summed E-state index contributed by atoms with van der Waals surface area (Å²) in [6.07, 6.45) is 6.86. The molecular formula is C52H66N2O2Si3. The van der Waals surface area contributed by atoms with Crippen molar-refractivity contribution in [1.82, 2.24) is 0 Å². The predicted molar refractivity (Wildman–Crippen MR) is 265 cm³/mol. The van der Waals surface area contributed by atoms with Crippen molar-refractivity contribution in [3.8, 4) is 11.1 Å². The molecular weight excluding hydrogens is 769 g/mol. The van der Waals surface area contributed by atoms with E-state index < -0.39 is 24.7 Å². The lowest BCUT2D eigenvalue weighted by Gasteiger charge is -2.38. The van der Waals surface area contributed by atoms with E-state index in [0.29, 0.717) is 13.2 Å². The van der Waals surface area contributed by atoms with Crippen LogP contribution in [-0.4, -0.2) is 44.5 Å². The van der Waals surface area contributed by atoms with Crippen molar-refractivity contribution in [3.05, 3.63) is 136 Å². The maximum absolute atomic E-state index is 7.07. The Labute approximate surface area is 357 Å². The van der Waals surface area contributed by atoms with Gasteiger partial charge in [0.05, 0.1) is 18.9 Å². The Morgan fingerprint density at radius 3 is 1.80 bits per heavy atom. The molecule has 0 aromatic heterocycles. The van der Waals surface area contributed by atoms with Crippen LogP contribution in [0.4, 0.5) is 5.69 Å². The lowest BCUT2D eigenvalue weighted by Crippen LogP contribution is -2.49. The van der Waals surface area contributed by atoms with Crippen LogP contribution in [0.15, 0.2) is 113 Å². The van der Waals surface area contributed by atoms with Gasteiger partial charge < -0.3 is 14.2 Å². The molecule has 4 nitrogen and oxygen atoms in total. The van der Waals surface area contributed by atoms with Crippen LogP contribution in [0.1, 0.15) is 69.4 Å². The van der Waals surface area contributed by atoms with Crippen LogP contribution < -0.4 is 10.5 Å². The van der Waals surface area contributed by atoms with Crippen molar-refractivity contribution in [2.45, 2.75) is 111 Å². The largest absolute Gasteiger partial charge is 0.413 e. The Morgan fingerprint density at radius 2 is 1.22 bits per heavy atom. The van der Waals surface area contributed by atoms with Gasteiger partial charge in [-0.3, -0.25) is 4.99 Å². The van der Waals surface area contributed by atoms with E-state index in [9.17, 15) is 0 Å². The van der Waals surface area contributed by atoms with Crippen LogP contribution in [-0.2, 0) is 22.1 Å². The molecule has 1 aliphatic carbocycles. The Balaban J connectivity index is 1.45. The second-order valence-corrected chi connectivity index (χ2v) is 34.3. The minimum atomic E-state index is -2.06. The third kappa shape index (κ3) is 7.74. The van der Waals surface area contributed by atoms with E-state index in [-0.39, 0.29) is 10.1 Å². The number of hydrogen-bond donors (Lipinski definition) is 1. The number of rotatable bonds is 9. The molecule has 0 unspecified atom stereocenters. The number of hydrogen-bond acceptors (Lipinski definition) is 4. The molecule has 0 saturated heterocycles. The van der Waals surface area contributed by atoms with Crippen molar-refractivity contribution in [3.63, 3.8) is 0 Å². The molecule has 1 aliphatic heterocycles. The highest BCUT2D eigenvalue weighted by molar-refractivity contribution is 6.98. The number of fused-ring (bicyclic) bond motifs is 4. The summed E-state index contributed by atoms with van der Waals surface area (Å²) in [6.45, 7) is 31.8. The van der Waals surface area contributed by atoms with Gasteiger partial charge in [-0.05, 0) is 162 Å². The number of allylic oxidation sites excluding steroid dienone is 5. The molecule has 2 aliphatic rings. The van der Waals surface area contributed by atoms with Gasteiger partial charge >= 0.3 is 0 Å². The van der Waals surface area contributed by atoms with E-state index in [1.807, 2.05) is 14.1 Å². The molecule has 0 atom stereocenters. The molecule has 0 fully saturated rings. The summed E-state index contributed by atoms with van der Waals surface area (Å²) in [5.74, 6) is 0. The fourth-order valence-corrected chi connectivity index (χ4v) is 13.2. The quantitative estimate of drug-likeness (QED) is 0.119. The van der Waals surface area contributed by atoms with E-state index in [1.165, 1.54) is 82.0 Å². The van der Waals surface area contributed by atoms with Gasteiger partial charge in [0.15, 0.2) is 16.6 Å². The van der Waals surface area contributed by atoms with Crippen LogP contribution >= 0.6 is 0 Å². The SMILES string of the molecule is CN=C1C=CC2=C(c3cc(-c4ccc5c(CO[Si](C)(C)C(C)(C)C)c6ccccc6c(CO[Si](C)(C)C(C)(C)C)c5c4)ccc3C)c3ccc(NC)cc3[Si](C)(C)C2=C1. The molecule has 0 amide bonds. The molecule has 7 heteroatoms. The van der Waals surface area contributed by atoms with Crippen molar-refractivity contribution in [2.75, 3.05) is 19.4 Å². The van der Waals surface area contributed by atoms with Crippen LogP contribution in [0, 0.1) is 6.92 Å². The van der Waals surface area contributed by atoms with Gasteiger partial charge in [0.2, 0.25) is 0 Å². The summed E-state index contributed by atoms with van der Waals surface area (Å²) in [4.78, 5) is 4.62. The molecule has 0 saturated carbocycles. The van der Waals surface area contributed by atoms with Crippen LogP contribution in [0.5, 0.6) is 0 Å². The highest BCUT2D eigenvalue weighted by atomic mass is 28.4. The fourth-order valence-electron chi connectivity index (χ4n) is 8.28. The standard InChI is InChI=1S/C52H66N2O2Si3/c1-34-20-21-35(28-44(34)50-42-26-23-37(53-8)30-48(42)57(10,11)49-31-38(54-9)24-27-43(49)50)36-22-25-41-45(29-36)47(33-56-59(14,15)52(5,6)7)40-19-17-16-18-39(40)46(41)32-55-58(12,13)51(2,3)4/h16-31,53H,32-33H2,1-15H3. The number of nitrogens with zero attached hydrogens (tertiary/aromatic N) is 1. The minimum absolute atomic E-state index is 0.103. The monoisotopic (exact) mass is 834 g/mol. The number of aryl methyl sites for hydroxylation is 1. The van der Waals surface area contributed by atoms with E-state index in [4.69, 9.17) is 8.85 Å². The minimum Gasteiger partial charge on any atom is -0.413 e. The van der Waals surface area contributed by atoms with Gasteiger partial charge in [0.1, 0.15) is 8.07 Å². The molecule has 0 spiro atoms. The van der Waals surface area contributed by atoms with Crippen molar-refractivity contribution in [1.29, 1.82) is 0 Å². The second-order valence-electron chi connectivity index (χ2n) is 20.4. The van der Waals surface area contributed by atoms with Gasteiger partial charge in [-0.25, -0.2) is 0 Å². The Bertz CT molecular complexity index is 2610. The summed E-state index contributed by atoms with van der Waals surface area (Å²) >= 11 is 0. The maximum Gasteiger partial charge on any atom is 0.192 e. The molecule has 0 bridgehead atoms. The average Bonchev–Trinajstić information content (AvgIpc) is 3.18. The predicted octanol–water partition coefficient (Wildman–Crippen LogP) is 13.9. The average molecular weight is 835 g/mol. The highest BCUT2D eigenvalue weighted by Gasteiger charge is 2.41. The topological polar surface area (TPSA) is 42.9 Å². The Morgan fingerprint density at radius 1 is 0.661 bits per heavy atom. The van der Waals surface area contributed by atoms with Gasteiger partial charge in [0.25, 0.3) is 0 Å². The molecule has 5 aromatic carbocycles. The third-order valence-electron chi connectivity index (χ3n) is 14.3. The first kappa shape index (κ1) is 43.0. The molecule has 0 radical (unpaired) electrons. The second kappa shape index (κ2) is 15.4. The zero-order chi connectivity index (χ0) is 42.9. The first-order chi connectivity index (χ1) is 27.6. The lowest BCUT2D eigenvalue weighted by atomic mass is 9.85. The summed E-state index contributed by atoms with van der Waals surface area (Å²) in [5.41, 5.74) is 13.7. The van der Waals surface area contributed by atoms with Crippen LogP contribution in [0.25, 0.3) is 38.2 Å². The van der Waals surface area contributed by atoms with Gasteiger partial charge in [0, 0.05) is 19.8 Å². The van der Waals surface area contributed by atoms with Gasteiger partial charge in [-0.15, -0.1) is 0 Å². The highest BCUT2D eigenvalue weighted by Crippen LogP contribution is 2.45. The van der Waals surface area contributed by atoms with Crippen molar-refractivity contribution in [2.24, 2.45) is 4.99 Å². The fraction of sp³-hybridized carbons (Fsp3) is 0.365. The van der Waals surface area contributed by atoms with Gasteiger partial charge in [-0.1, -0.05) is 115 Å². The maximum atomic E-state index is 7.07. The lowest BCUT2D eigenvalue weighted by molar-refractivity contribution is 0.277. The molecule has 5 aromatic rings. The first-order valence-corrected chi connectivity index (χ1v) is 30.2. The number of aliphatic imine (C=N–C) groups is 1. The number of nitrogens with one attached hydrogen (secondary N) is 1. The number of anilines is 1. The van der Waals surface area contributed by atoms with Gasteiger partial charge in [-0.2, -0.15) is 0 Å². The van der Waals surface area contributed by atoms with Crippen LogP contribution in [0.3, 0.4) is 0 Å².